The van der Waals surface area contributed by atoms with E-state index in [4.69, 9.17) is 24.7 Å². The third kappa shape index (κ3) is 11.1. The predicted molar refractivity (Wildman–Crippen MR) is 205 cm³/mol. The van der Waals surface area contributed by atoms with Gasteiger partial charge in [-0.1, -0.05) is 50.2 Å². The highest BCUT2D eigenvalue weighted by Crippen LogP contribution is 2.44. The molecule has 3 aromatic carbocycles. The third-order valence-corrected chi connectivity index (χ3v) is 8.93. The number of hydrogen-bond acceptors (Lipinski definition) is 12. The number of benzene rings is 3. The molecule has 2 heterocycles. The summed E-state index contributed by atoms with van der Waals surface area (Å²) in [6, 6.07) is 10.3. The summed E-state index contributed by atoms with van der Waals surface area (Å²) in [4.78, 5) is 68.7. The zero-order chi connectivity index (χ0) is 39.7. The maximum Gasteiger partial charge on any atom is 0.325 e. The number of fused-ring (bicyclic) bond motifs is 9. The Morgan fingerprint density at radius 2 is 1.69 bits per heavy atom. The van der Waals surface area contributed by atoms with Crippen LogP contribution < -0.4 is 35.9 Å². The van der Waals surface area contributed by atoms with Crippen LogP contribution in [0.2, 0.25) is 0 Å². The summed E-state index contributed by atoms with van der Waals surface area (Å²) in [7, 11) is 7.19. The summed E-state index contributed by atoms with van der Waals surface area (Å²) >= 11 is 0. The minimum absolute atomic E-state index is 0. The number of nitro groups is 1. The highest BCUT2D eigenvalue weighted by molar-refractivity contribution is 5.94. The number of amides is 3. The molecule has 17 heteroatoms. The molecule has 0 radical (unpaired) electrons. The van der Waals surface area contributed by atoms with Gasteiger partial charge in [0.2, 0.25) is 29.2 Å². The van der Waals surface area contributed by atoms with Gasteiger partial charge in [0.25, 0.3) is 0 Å². The van der Waals surface area contributed by atoms with Crippen molar-refractivity contribution in [1.82, 2.24) is 20.9 Å². The first-order valence-corrected chi connectivity index (χ1v) is 17.3. The van der Waals surface area contributed by atoms with Crippen LogP contribution in [0.15, 0.2) is 60.7 Å². The molecule has 3 aromatic rings. The highest BCUT2D eigenvalue weighted by Gasteiger charge is 2.38. The minimum atomic E-state index is -1.31. The first-order valence-electron chi connectivity index (χ1n) is 17.3. The topological polar surface area (TPSA) is 214 Å². The molecule has 0 fully saturated rings. The van der Waals surface area contributed by atoms with Crippen molar-refractivity contribution in [2.75, 3.05) is 35.4 Å². The Bertz CT molecular complexity index is 1840. The van der Waals surface area contributed by atoms with Crippen LogP contribution in [-0.2, 0) is 36.8 Å². The van der Waals surface area contributed by atoms with Crippen LogP contribution in [0.5, 0.6) is 23.0 Å². The van der Waals surface area contributed by atoms with Crippen molar-refractivity contribution in [1.29, 1.82) is 0 Å². The second-order valence-corrected chi connectivity index (χ2v) is 13.6. The fourth-order valence-electron chi connectivity index (χ4n) is 6.28. The van der Waals surface area contributed by atoms with Gasteiger partial charge in [0, 0.05) is 18.9 Å². The van der Waals surface area contributed by atoms with Crippen molar-refractivity contribution in [3.63, 3.8) is 0 Å². The number of nitrogens with one attached hydrogen (secondary N) is 3. The van der Waals surface area contributed by atoms with Gasteiger partial charge in [0.05, 0.1) is 38.3 Å². The average Bonchev–Trinajstić information content (AvgIpc) is 3.13. The Morgan fingerprint density at radius 1 is 1.00 bits per heavy atom. The van der Waals surface area contributed by atoms with E-state index in [-0.39, 0.29) is 59.7 Å². The number of nitrogens with zero attached hydrogens (tertiary/aromatic N) is 2. The van der Waals surface area contributed by atoms with E-state index in [1.54, 1.807) is 43.3 Å². The lowest BCUT2D eigenvalue weighted by atomic mass is 9.95. The number of likely N-dealkylation sites (N-methyl/N-ethyl adjacent to an activating group) is 1. The molecular weight excluding hydrogens is 736 g/mol. The van der Waals surface area contributed by atoms with Gasteiger partial charge in [0.15, 0.2) is 11.5 Å². The maximum absolute atomic E-state index is 14.5. The van der Waals surface area contributed by atoms with E-state index in [0.29, 0.717) is 17.5 Å². The number of halogens is 1. The Morgan fingerprint density at radius 3 is 2.27 bits per heavy atom. The lowest BCUT2D eigenvalue weighted by Crippen LogP contribution is -2.58. The average molecular weight is 785 g/mol. The predicted octanol–water partition coefficient (Wildman–Crippen LogP) is 3.23. The van der Waals surface area contributed by atoms with E-state index in [0.717, 1.165) is 0 Å². The number of carbonyl (C=O) groups excluding carboxylic acids is 4. The first-order chi connectivity index (χ1) is 25.7. The Balaban J connectivity index is 0.00000812. The zero-order valence-corrected chi connectivity index (χ0v) is 32.6. The molecule has 0 saturated carbocycles. The third-order valence-electron chi connectivity index (χ3n) is 8.93. The smallest absolute Gasteiger partial charge is 0.325 e. The molecule has 1 unspecified atom stereocenters. The number of rotatable bonds is 12. The molecule has 5 rings (SSSR count). The summed E-state index contributed by atoms with van der Waals surface area (Å²) in [5.41, 5.74) is 7.03. The number of carbonyl (C=O) groups is 4. The number of hydrogen-bond donors (Lipinski definition) is 4. The van der Waals surface area contributed by atoms with Gasteiger partial charge in [-0.25, -0.2) is 0 Å². The number of nitro benzene ring substituents is 1. The summed E-state index contributed by atoms with van der Waals surface area (Å²) < 4.78 is 22.5. The minimum Gasteiger partial charge on any atom is -0.493 e. The van der Waals surface area contributed by atoms with Crippen LogP contribution in [0.25, 0.3) is 0 Å². The Kier molecular flexibility index (Phi) is 15.8. The van der Waals surface area contributed by atoms with Gasteiger partial charge in [-0.3, -0.25) is 34.2 Å². The number of ether oxygens (including phenoxy) is 4. The largest absolute Gasteiger partial charge is 0.493 e. The molecule has 3 amide bonds. The second-order valence-electron chi connectivity index (χ2n) is 13.6. The molecule has 0 aliphatic carbocycles. The molecular formula is C38H49ClN6O10. The number of esters is 1. The lowest BCUT2D eigenvalue weighted by molar-refractivity contribution is -0.385. The van der Waals surface area contributed by atoms with Crippen LogP contribution in [0, 0.1) is 16.0 Å². The molecule has 0 aromatic heterocycles. The van der Waals surface area contributed by atoms with Gasteiger partial charge >= 0.3 is 11.7 Å². The van der Waals surface area contributed by atoms with Crippen molar-refractivity contribution in [2.24, 2.45) is 11.7 Å². The molecule has 16 nitrogen and oxygen atoms in total. The summed E-state index contributed by atoms with van der Waals surface area (Å²) in [5, 5.41) is 20.9. The monoisotopic (exact) mass is 784 g/mol. The summed E-state index contributed by atoms with van der Waals surface area (Å²) in [6.07, 6.45) is 0.150. The fraction of sp³-hybridized carbons (Fsp3) is 0.421. The van der Waals surface area contributed by atoms with Crippen molar-refractivity contribution >= 4 is 41.8 Å². The van der Waals surface area contributed by atoms with Gasteiger partial charge in [-0.05, 0) is 61.3 Å². The van der Waals surface area contributed by atoms with Crippen molar-refractivity contribution in [3.05, 3.63) is 87.5 Å². The maximum atomic E-state index is 14.5. The van der Waals surface area contributed by atoms with Gasteiger partial charge in [0.1, 0.15) is 18.1 Å². The highest BCUT2D eigenvalue weighted by atomic mass is 35.5. The molecule has 4 bridgehead atoms. The second kappa shape index (κ2) is 19.8. The van der Waals surface area contributed by atoms with Crippen LogP contribution in [0.1, 0.15) is 43.0 Å². The van der Waals surface area contributed by atoms with Crippen LogP contribution in [-0.4, -0.2) is 93.1 Å². The van der Waals surface area contributed by atoms with Crippen LogP contribution in [0.3, 0.4) is 0 Å². The SMILES string of the molecule is COC(=O)[C@@H](C1NC(=O)[C@H](Cc2ccccc2)NC(=O)[C@H](NC(=O)[C@H](N)CC(C)C)Cc2ccc(c([N+](=O)[O-])c2)Oc2cc1cc(OC)c2OC)N(C)C.Cl. The van der Waals surface area contributed by atoms with Gasteiger partial charge in [-0.15, -0.1) is 12.4 Å². The van der Waals surface area contributed by atoms with E-state index in [1.165, 1.54) is 51.7 Å². The quantitative estimate of drug-likeness (QED) is 0.118. The van der Waals surface area contributed by atoms with Gasteiger partial charge in [-0.2, -0.15) is 0 Å². The fourth-order valence-corrected chi connectivity index (χ4v) is 6.28. The Labute approximate surface area is 325 Å². The Hall–Kier alpha value is -5.45. The normalized spacial score (nSPS) is 18.2. The summed E-state index contributed by atoms with van der Waals surface area (Å²) in [6.45, 7) is 3.80. The standard InChI is InChI=1S/C38H48N6O10.ClH/c1-21(2)15-25(39)35(45)40-27-17-23-13-14-29(28(18-23)44(49)50)54-31-20-24(19-30(51-5)34(31)52-6)32(33(43(3)4)38(48)53-7)42-37(47)26(41-36(27)46)16-22-11-9-8-10-12-22;/h8-14,18-21,25-27,32-33H,15-17,39H2,1-7H3,(H,40,45)(H,41,46)(H,42,47);1H/t25-,26+,27-,32?,33-;/m1./s1. The molecule has 55 heavy (non-hydrogen) atoms. The lowest BCUT2D eigenvalue weighted by Gasteiger charge is -2.33. The number of methoxy groups -OCH3 is 3. The van der Waals surface area contributed by atoms with E-state index < -0.39 is 64.5 Å². The molecule has 298 valence electrons. The van der Waals surface area contributed by atoms with E-state index in [1.807, 2.05) is 19.9 Å². The zero-order valence-electron chi connectivity index (χ0n) is 31.8. The van der Waals surface area contributed by atoms with E-state index in [9.17, 15) is 29.3 Å². The molecule has 5 N–H and O–H groups in total. The van der Waals surface area contributed by atoms with Crippen LogP contribution in [0.4, 0.5) is 5.69 Å². The van der Waals surface area contributed by atoms with Crippen molar-refractivity contribution < 1.29 is 43.0 Å². The van der Waals surface area contributed by atoms with Gasteiger partial charge < -0.3 is 40.6 Å². The molecule has 2 aliphatic rings. The van der Waals surface area contributed by atoms with E-state index in [2.05, 4.69) is 16.0 Å². The number of nitrogens with two attached hydrogens (primary N) is 1. The van der Waals surface area contributed by atoms with Crippen molar-refractivity contribution in [2.45, 2.75) is 63.3 Å². The molecule has 2 aliphatic heterocycles. The van der Waals surface area contributed by atoms with Crippen LogP contribution >= 0.6 is 12.4 Å². The van der Waals surface area contributed by atoms with Crippen molar-refractivity contribution in [3.8, 4) is 23.0 Å². The van der Waals surface area contributed by atoms with E-state index >= 15 is 0 Å². The molecule has 0 spiro atoms. The molecule has 5 atom stereocenters. The first kappa shape index (κ1) is 44.0. The summed E-state index contributed by atoms with van der Waals surface area (Å²) in [5.74, 6) is -2.63. The molecule has 0 saturated heterocycles.